The van der Waals surface area contributed by atoms with Gasteiger partial charge >= 0.3 is 0 Å². The molecule has 1 spiro atoms. The molecule has 1 atom stereocenters. The number of piperidine rings is 1. The van der Waals surface area contributed by atoms with E-state index in [1.165, 1.54) is 0 Å². The molecule has 4 aliphatic rings. The average molecular weight is 654 g/mol. The maximum absolute atomic E-state index is 13.3. The third kappa shape index (κ3) is 5.06. The Kier molecular flexibility index (Phi) is 7.66. The van der Waals surface area contributed by atoms with E-state index in [-0.39, 0.29) is 29.4 Å². The van der Waals surface area contributed by atoms with Gasteiger partial charge in [-0.15, -0.1) is 0 Å². The van der Waals surface area contributed by atoms with Gasteiger partial charge in [0.1, 0.15) is 17.5 Å². The second kappa shape index (κ2) is 11.6. The van der Waals surface area contributed by atoms with Gasteiger partial charge in [0.25, 0.3) is 17.4 Å². The first-order valence-corrected chi connectivity index (χ1v) is 16.2. The van der Waals surface area contributed by atoms with E-state index in [9.17, 15) is 24.0 Å². The molecule has 0 radical (unpaired) electrons. The fourth-order valence-corrected chi connectivity index (χ4v) is 7.81. The summed E-state index contributed by atoms with van der Waals surface area (Å²) in [6.07, 6.45) is 3.09. The average Bonchev–Trinajstić information content (AvgIpc) is 3.59. The number of carbonyl (C=O) groups excluding carboxylic acids is 4. The highest BCUT2D eigenvalue weighted by Gasteiger charge is 2.49. The number of ether oxygens (including phenoxy) is 2. The van der Waals surface area contributed by atoms with Crippen LogP contribution >= 0.6 is 0 Å². The van der Waals surface area contributed by atoms with E-state index >= 15 is 0 Å². The van der Waals surface area contributed by atoms with Crippen molar-refractivity contribution in [2.75, 3.05) is 45.3 Å². The maximum atomic E-state index is 13.3. The summed E-state index contributed by atoms with van der Waals surface area (Å²) in [6, 6.07) is 8.34. The van der Waals surface area contributed by atoms with Crippen molar-refractivity contribution in [2.45, 2.75) is 45.7 Å². The number of likely N-dealkylation sites (tertiary alicyclic amines) is 1. The van der Waals surface area contributed by atoms with Crippen molar-refractivity contribution >= 4 is 29.3 Å². The van der Waals surface area contributed by atoms with Crippen molar-refractivity contribution in [2.24, 2.45) is 12.5 Å². The minimum absolute atomic E-state index is 0.0134. The van der Waals surface area contributed by atoms with Crippen LogP contribution in [0.2, 0.25) is 0 Å². The van der Waals surface area contributed by atoms with Gasteiger partial charge in [-0.25, -0.2) is 0 Å². The molecule has 5 heterocycles. The Bertz CT molecular complexity index is 1940. The quantitative estimate of drug-likeness (QED) is 0.383. The maximum Gasteiger partial charge on any atom is 0.262 e. The number of nitrogens with zero attached hydrogens (tertiary/aromatic N) is 4. The Hall–Kier alpha value is -4.97. The number of rotatable bonds is 7. The molecular formula is C36H39N5O7. The van der Waals surface area contributed by atoms with Crippen LogP contribution in [0.3, 0.4) is 0 Å². The highest BCUT2D eigenvalue weighted by molar-refractivity contribution is 6.23. The number of pyridine rings is 1. The third-order valence-corrected chi connectivity index (χ3v) is 10.6. The molecule has 3 saturated heterocycles. The van der Waals surface area contributed by atoms with Gasteiger partial charge in [0.05, 0.1) is 30.9 Å². The topological polar surface area (TPSA) is 130 Å². The van der Waals surface area contributed by atoms with Crippen LogP contribution in [0.1, 0.15) is 56.7 Å². The number of anilines is 1. The summed E-state index contributed by atoms with van der Waals surface area (Å²) in [4.78, 5) is 68.6. The number of nitrogens with one attached hydrogen (secondary N) is 1. The van der Waals surface area contributed by atoms with Crippen LogP contribution in [-0.2, 0) is 23.2 Å². The van der Waals surface area contributed by atoms with Gasteiger partial charge in [-0.2, -0.15) is 0 Å². The van der Waals surface area contributed by atoms with Crippen LogP contribution in [-0.4, -0.2) is 84.4 Å². The first-order valence-electron chi connectivity index (χ1n) is 16.2. The standard InChI is InChI=1S/C36H39N5O7/c1-20-21(2)33(44)38(3)15-26(20)22-12-29(47-4)27(30(13-22)48-5)16-39-11-10-36(17-39)18-40(19-36)23-6-7-24-25(14-23)35(46)41(34(24)45)28-8-9-31(42)37-32(28)43/h6-7,12-15,28H,8-11,16-19H2,1-5H3,(H,37,42,43). The number of aromatic nitrogens is 1. The van der Waals surface area contributed by atoms with Crippen LogP contribution in [0.5, 0.6) is 11.5 Å². The van der Waals surface area contributed by atoms with Gasteiger partial charge in [-0.05, 0) is 74.7 Å². The smallest absolute Gasteiger partial charge is 0.262 e. The lowest BCUT2D eigenvalue weighted by molar-refractivity contribution is -0.136. The molecular weight excluding hydrogens is 614 g/mol. The Morgan fingerprint density at radius 2 is 1.56 bits per heavy atom. The first-order chi connectivity index (χ1) is 22.9. The number of aryl methyl sites for hydroxylation is 1. The van der Waals surface area contributed by atoms with Crippen LogP contribution < -0.4 is 25.2 Å². The Morgan fingerprint density at radius 3 is 2.23 bits per heavy atom. The summed E-state index contributed by atoms with van der Waals surface area (Å²) in [6.45, 7) is 7.91. The zero-order chi connectivity index (χ0) is 34.1. The summed E-state index contributed by atoms with van der Waals surface area (Å²) in [5.41, 5.74) is 6.01. The minimum atomic E-state index is -0.981. The Morgan fingerprint density at radius 1 is 0.875 bits per heavy atom. The van der Waals surface area contributed by atoms with E-state index in [0.717, 1.165) is 76.9 Å². The molecule has 0 saturated carbocycles. The molecule has 48 heavy (non-hydrogen) atoms. The van der Waals surface area contributed by atoms with Crippen molar-refractivity contribution in [3.8, 4) is 22.6 Å². The SMILES string of the molecule is COc1cc(-c2cn(C)c(=O)c(C)c2C)cc(OC)c1CN1CCC2(C1)CN(c1ccc3c(c1)C(=O)N(C1CCC(=O)NC1=O)C3=O)C2. The monoisotopic (exact) mass is 653 g/mol. The van der Waals surface area contributed by atoms with E-state index in [1.54, 1.807) is 38.0 Å². The van der Waals surface area contributed by atoms with Crippen LogP contribution in [0.25, 0.3) is 11.1 Å². The fourth-order valence-electron chi connectivity index (χ4n) is 7.81. The molecule has 1 N–H and O–H groups in total. The summed E-state index contributed by atoms with van der Waals surface area (Å²) in [5, 5.41) is 2.24. The molecule has 4 aliphatic heterocycles. The van der Waals surface area contributed by atoms with E-state index in [0.29, 0.717) is 17.7 Å². The predicted octanol–water partition coefficient (Wildman–Crippen LogP) is 2.80. The summed E-state index contributed by atoms with van der Waals surface area (Å²) < 4.78 is 13.4. The Labute approximate surface area is 278 Å². The van der Waals surface area contributed by atoms with E-state index in [1.807, 2.05) is 38.2 Å². The van der Waals surface area contributed by atoms with E-state index in [2.05, 4.69) is 15.1 Å². The molecule has 250 valence electrons. The highest BCUT2D eigenvalue weighted by Crippen LogP contribution is 2.45. The molecule has 1 unspecified atom stereocenters. The highest BCUT2D eigenvalue weighted by atomic mass is 16.5. The number of benzene rings is 2. The number of methoxy groups -OCH3 is 2. The second-order valence-electron chi connectivity index (χ2n) is 13.6. The van der Waals surface area contributed by atoms with E-state index in [4.69, 9.17) is 9.47 Å². The number of amides is 4. The molecule has 12 nitrogen and oxygen atoms in total. The van der Waals surface area contributed by atoms with Gasteiger partial charge < -0.3 is 18.9 Å². The molecule has 2 aromatic carbocycles. The largest absolute Gasteiger partial charge is 0.496 e. The van der Waals surface area contributed by atoms with Gasteiger partial charge in [-0.3, -0.25) is 39.1 Å². The fraction of sp³-hybridized carbons (Fsp3) is 0.417. The number of imide groups is 2. The predicted molar refractivity (Wildman–Crippen MR) is 177 cm³/mol. The normalized spacial score (nSPS) is 20.3. The molecule has 0 aliphatic carbocycles. The molecule has 7 rings (SSSR count). The van der Waals surface area contributed by atoms with Gasteiger partial charge in [0, 0.05) is 68.1 Å². The van der Waals surface area contributed by atoms with Crippen molar-refractivity contribution in [1.82, 2.24) is 19.7 Å². The van der Waals surface area contributed by atoms with Crippen LogP contribution in [0.4, 0.5) is 5.69 Å². The van der Waals surface area contributed by atoms with Crippen LogP contribution in [0, 0.1) is 19.3 Å². The molecule has 4 amide bonds. The molecule has 1 aromatic heterocycles. The lowest BCUT2D eigenvalue weighted by Crippen LogP contribution is -2.57. The van der Waals surface area contributed by atoms with Crippen molar-refractivity contribution < 1.29 is 28.7 Å². The van der Waals surface area contributed by atoms with E-state index < -0.39 is 29.7 Å². The second-order valence-corrected chi connectivity index (χ2v) is 13.6. The number of fused-ring (bicyclic) bond motifs is 1. The molecule has 3 fully saturated rings. The van der Waals surface area contributed by atoms with Crippen LogP contribution in [0.15, 0.2) is 41.3 Å². The van der Waals surface area contributed by atoms with Gasteiger partial charge in [-0.1, -0.05) is 0 Å². The number of hydrogen-bond donors (Lipinski definition) is 1. The summed E-state index contributed by atoms with van der Waals surface area (Å²) >= 11 is 0. The lowest BCUT2D eigenvalue weighted by atomic mass is 9.78. The van der Waals surface area contributed by atoms with Gasteiger partial charge in [0.2, 0.25) is 11.8 Å². The zero-order valence-corrected chi connectivity index (χ0v) is 27.8. The number of hydrogen-bond acceptors (Lipinski definition) is 9. The molecule has 0 bridgehead atoms. The molecule has 3 aromatic rings. The van der Waals surface area contributed by atoms with Gasteiger partial charge in [0.15, 0.2) is 0 Å². The molecule has 12 heteroatoms. The summed E-state index contributed by atoms with van der Waals surface area (Å²) in [5.74, 6) is -0.542. The third-order valence-electron chi connectivity index (χ3n) is 10.6. The lowest BCUT2D eigenvalue weighted by Gasteiger charge is -2.49. The number of carbonyl (C=O) groups is 4. The van der Waals surface area contributed by atoms with Crippen molar-refractivity contribution in [3.63, 3.8) is 0 Å². The Balaban J connectivity index is 1.04. The first kappa shape index (κ1) is 31.6. The van der Waals surface area contributed by atoms with Crippen molar-refractivity contribution in [3.05, 3.63) is 74.7 Å². The zero-order valence-electron chi connectivity index (χ0n) is 27.8. The summed E-state index contributed by atoms with van der Waals surface area (Å²) in [7, 11) is 5.08. The minimum Gasteiger partial charge on any atom is -0.496 e. The van der Waals surface area contributed by atoms with Crippen molar-refractivity contribution in [1.29, 1.82) is 0 Å².